The monoisotopic (exact) mass is 287 g/mol. The third kappa shape index (κ3) is 3.69. The Hall–Kier alpha value is -3.09. The first-order chi connectivity index (χ1) is 10.1. The SMILES string of the molecule is O=C(C=Cc1ccccc1F)Nc1nccnc1C(=O)O. The lowest BCUT2D eigenvalue weighted by atomic mass is 10.2. The maximum Gasteiger partial charge on any atom is 0.358 e. The van der Waals surface area contributed by atoms with Crippen LogP contribution < -0.4 is 5.32 Å². The number of nitrogens with one attached hydrogen (secondary N) is 1. The van der Waals surface area contributed by atoms with Crippen LogP contribution in [0.2, 0.25) is 0 Å². The van der Waals surface area contributed by atoms with Crippen LogP contribution in [0.25, 0.3) is 6.08 Å². The molecule has 0 radical (unpaired) electrons. The molecule has 0 saturated heterocycles. The fourth-order valence-corrected chi connectivity index (χ4v) is 1.52. The molecule has 21 heavy (non-hydrogen) atoms. The fourth-order valence-electron chi connectivity index (χ4n) is 1.52. The van der Waals surface area contributed by atoms with Crippen LogP contribution in [0.15, 0.2) is 42.7 Å². The van der Waals surface area contributed by atoms with Gasteiger partial charge in [-0.1, -0.05) is 18.2 Å². The van der Waals surface area contributed by atoms with Crippen molar-refractivity contribution < 1.29 is 19.1 Å². The Morgan fingerprint density at radius 1 is 1.19 bits per heavy atom. The van der Waals surface area contributed by atoms with Gasteiger partial charge in [0.2, 0.25) is 5.91 Å². The molecule has 1 amide bonds. The Morgan fingerprint density at radius 2 is 1.90 bits per heavy atom. The van der Waals surface area contributed by atoms with Crippen molar-refractivity contribution in [1.82, 2.24) is 9.97 Å². The topological polar surface area (TPSA) is 92.2 Å². The zero-order chi connectivity index (χ0) is 15.2. The van der Waals surface area contributed by atoms with Gasteiger partial charge in [0.15, 0.2) is 11.5 Å². The molecule has 1 aromatic carbocycles. The summed E-state index contributed by atoms with van der Waals surface area (Å²) in [7, 11) is 0. The van der Waals surface area contributed by atoms with Crippen molar-refractivity contribution in [2.75, 3.05) is 5.32 Å². The zero-order valence-electron chi connectivity index (χ0n) is 10.7. The average Bonchev–Trinajstić information content (AvgIpc) is 2.47. The van der Waals surface area contributed by atoms with Crippen LogP contribution in [0, 0.1) is 5.82 Å². The number of halogens is 1. The van der Waals surface area contributed by atoms with Crippen LogP contribution in [0.4, 0.5) is 10.2 Å². The summed E-state index contributed by atoms with van der Waals surface area (Å²) in [5.74, 6) is -2.59. The van der Waals surface area contributed by atoms with Gasteiger partial charge in [-0.3, -0.25) is 4.79 Å². The van der Waals surface area contributed by atoms with E-state index in [4.69, 9.17) is 5.11 Å². The maximum absolute atomic E-state index is 13.4. The summed E-state index contributed by atoms with van der Waals surface area (Å²) in [6.45, 7) is 0. The first kappa shape index (κ1) is 14.3. The number of carbonyl (C=O) groups is 2. The van der Waals surface area contributed by atoms with Gasteiger partial charge in [-0.25, -0.2) is 19.2 Å². The van der Waals surface area contributed by atoms with Gasteiger partial charge in [0.25, 0.3) is 0 Å². The molecule has 7 heteroatoms. The van der Waals surface area contributed by atoms with Crippen LogP contribution >= 0.6 is 0 Å². The van der Waals surface area contributed by atoms with E-state index in [2.05, 4.69) is 15.3 Å². The molecule has 0 aliphatic heterocycles. The maximum atomic E-state index is 13.4. The Balaban J connectivity index is 2.13. The summed E-state index contributed by atoms with van der Waals surface area (Å²) in [5, 5.41) is 11.2. The van der Waals surface area contributed by atoms with Gasteiger partial charge < -0.3 is 10.4 Å². The smallest absolute Gasteiger partial charge is 0.358 e. The molecule has 2 rings (SSSR count). The van der Waals surface area contributed by atoms with Crippen molar-refractivity contribution >= 4 is 23.8 Å². The molecule has 0 fully saturated rings. The van der Waals surface area contributed by atoms with Gasteiger partial charge in [0, 0.05) is 24.0 Å². The first-order valence-corrected chi connectivity index (χ1v) is 5.86. The minimum Gasteiger partial charge on any atom is -0.476 e. The summed E-state index contributed by atoms with van der Waals surface area (Å²) in [5.41, 5.74) is -0.129. The minimum atomic E-state index is -1.31. The molecule has 1 aromatic heterocycles. The molecule has 6 nitrogen and oxygen atoms in total. The number of hydrogen-bond donors (Lipinski definition) is 2. The second-order valence-electron chi connectivity index (χ2n) is 3.90. The van der Waals surface area contributed by atoms with E-state index in [0.717, 1.165) is 6.08 Å². The van der Waals surface area contributed by atoms with Crippen molar-refractivity contribution in [2.45, 2.75) is 0 Å². The van der Waals surface area contributed by atoms with E-state index >= 15 is 0 Å². The van der Waals surface area contributed by atoms with Gasteiger partial charge in [0.1, 0.15) is 5.82 Å². The van der Waals surface area contributed by atoms with E-state index in [-0.39, 0.29) is 17.1 Å². The van der Waals surface area contributed by atoms with Gasteiger partial charge in [-0.2, -0.15) is 0 Å². The normalized spacial score (nSPS) is 10.5. The van der Waals surface area contributed by atoms with Gasteiger partial charge >= 0.3 is 5.97 Å². The van der Waals surface area contributed by atoms with Crippen molar-refractivity contribution in [2.24, 2.45) is 0 Å². The van der Waals surface area contributed by atoms with E-state index in [0.29, 0.717) is 0 Å². The van der Waals surface area contributed by atoms with E-state index in [1.807, 2.05) is 0 Å². The van der Waals surface area contributed by atoms with Gasteiger partial charge in [0.05, 0.1) is 0 Å². The molecule has 0 bridgehead atoms. The lowest BCUT2D eigenvalue weighted by Gasteiger charge is -2.03. The molecular formula is C14H10FN3O3. The highest BCUT2D eigenvalue weighted by Crippen LogP contribution is 2.10. The van der Waals surface area contributed by atoms with Crippen LogP contribution in [0.5, 0.6) is 0 Å². The number of nitrogens with zero attached hydrogens (tertiary/aromatic N) is 2. The third-order valence-corrected chi connectivity index (χ3v) is 2.46. The summed E-state index contributed by atoms with van der Waals surface area (Å²) in [4.78, 5) is 29.9. The number of rotatable bonds is 4. The quantitative estimate of drug-likeness (QED) is 0.839. The van der Waals surface area contributed by atoms with Gasteiger partial charge in [-0.05, 0) is 12.1 Å². The molecule has 0 saturated carbocycles. The average molecular weight is 287 g/mol. The van der Waals surface area contributed by atoms with E-state index < -0.39 is 17.7 Å². The minimum absolute atomic E-state index is 0.173. The zero-order valence-corrected chi connectivity index (χ0v) is 10.7. The molecule has 1 heterocycles. The number of aromatic carboxylic acids is 1. The highest BCUT2D eigenvalue weighted by atomic mass is 19.1. The Kier molecular flexibility index (Phi) is 4.35. The Labute approximate surface area is 119 Å². The molecule has 106 valence electrons. The number of carboxylic acids is 1. The van der Waals surface area contributed by atoms with Crippen LogP contribution in [0.1, 0.15) is 16.1 Å². The molecule has 0 aliphatic rings. The largest absolute Gasteiger partial charge is 0.476 e. The highest BCUT2D eigenvalue weighted by molar-refractivity contribution is 6.04. The third-order valence-electron chi connectivity index (χ3n) is 2.46. The number of carboxylic acid groups (broad SMARTS) is 1. The summed E-state index contributed by atoms with van der Waals surface area (Å²) in [6.07, 6.45) is 4.82. The lowest BCUT2D eigenvalue weighted by molar-refractivity contribution is -0.111. The van der Waals surface area contributed by atoms with Crippen LogP contribution in [-0.2, 0) is 4.79 Å². The van der Waals surface area contributed by atoms with Crippen molar-refractivity contribution in [1.29, 1.82) is 0 Å². The summed E-state index contributed by atoms with van der Waals surface area (Å²) in [6, 6.07) is 5.93. The second kappa shape index (κ2) is 6.38. The molecule has 0 spiro atoms. The highest BCUT2D eigenvalue weighted by Gasteiger charge is 2.13. The van der Waals surface area contributed by atoms with Crippen molar-refractivity contribution in [3.8, 4) is 0 Å². The molecule has 2 aromatic rings. The first-order valence-electron chi connectivity index (χ1n) is 5.86. The van der Waals surface area contributed by atoms with E-state index in [1.54, 1.807) is 6.07 Å². The Bertz CT molecular complexity index is 716. The van der Waals surface area contributed by atoms with E-state index in [9.17, 15) is 14.0 Å². The summed E-state index contributed by atoms with van der Waals surface area (Å²) < 4.78 is 13.4. The standard InChI is InChI=1S/C14H10FN3O3/c15-10-4-2-1-3-9(10)5-6-11(19)18-13-12(14(20)21)16-7-8-17-13/h1-8H,(H,20,21)(H,17,18,19). The predicted octanol–water partition coefficient (Wildman–Crippen LogP) is 1.97. The number of amides is 1. The number of benzene rings is 1. The number of anilines is 1. The number of aromatic nitrogens is 2. The molecule has 0 aliphatic carbocycles. The predicted molar refractivity (Wildman–Crippen MR) is 73.1 cm³/mol. The van der Waals surface area contributed by atoms with Crippen molar-refractivity contribution in [3.05, 3.63) is 59.8 Å². The van der Waals surface area contributed by atoms with Crippen LogP contribution in [0.3, 0.4) is 0 Å². The number of hydrogen-bond acceptors (Lipinski definition) is 4. The fraction of sp³-hybridized carbons (Fsp3) is 0. The second-order valence-corrected chi connectivity index (χ2v) is 3.90. The van der Waals surface area contributed by atoms with Crippen LogP contribution in [-0.4, -0.2) is 27.0 Å². The molecule has 0 unspecified atom stereocenters. The van der Waals surface area contributed by atoms with E-state index in [1.165, 1.54) is 36.7 Å². The Morgan fingerprint density at radius 3 is 2.62 bits per heavy atom. The van der Waals surface area contributed by atoms with Crippen molar-refractivity contribution in [3.63, 3.8) is 0 Å². The summed E-state index contributed by atoms with van der Waals surface area (Å²) >= 11 is 0. The van der Waals surface area contributed by atoms with Gasteiger partial charge in [-0.15, -0.1) is 0 Å². The molecular weight excluding hydrogens is 277 g/mol. The lowest BCUT2D eigenvalue weighted by Crippen LogP contribution is -2.14. The molecule has 2 N–H and O–H groups in total. The number of carbonyl (C=O) groups excluding carboxylic acids is 1. The molecule has 0 atom stereocenters.